The van der Waals surface area contributed by atoms with Crippen molar-refractivity contribution in [3.63, 3.8) is 0 Å². The van der Waals surface area contributed by atoms with Crippen LogP contribution in [0.4, 0.5) is 0 Å². The van der Waals surface area contributed by atoms with E-state index in [1.807, 2.05) is 7.05 Å². The summed E-state index contributed by atoms with van der Waals surface area (Å²) in [5.41, 5.74) is 1.44. The highest BCUT2D eigenvalue weighted by Crippen LogP contribution is 2.16. The van der Waals surface area contributed by atoms with E-state index in [9.17, 15) is 0 Å². The smallest absolute Gasteiger partial charge is 0.0660 e. The number of ether oxygens (including phenoxy) is 1. The van der Waals surface area contributed by atoms with Crippen LogP contribution in [0.2, 0.25) is 0 Å². The van der Waals surface area contributed by atoms with Crippen LogP contribution in [0.25, 0.3) is 0 Å². The fourth-order valence-electron chi connectivity index (χ4n) is 1.49. The molecule has 1 saturated heterocycles. The van der Waals surface area contributed by atoms with E-state index in [0.717, 1.165) is 19.6 Å². The molecule has 0 amide bonds. The Morgan fingerprint density at radius 3 is 2.92 bits per heavy atom. The van der Waals surface area contributed by atoms with Gasteiger partial charge in [0.05, 0.1) is 19.3 Å². The van der Waals surface area contributed by atoms with Gasteiger partial charge in [0.15, 0.2) is 0 Å². The quantitative estimate of drug-likeness (QED) is 0.651. The van der Waals surface area contributed by atoms with Gasteiger partial charge in [0.25, 0.3) is 0 Å². The van der Waals surface area contributed by atoms with Gasteiger partial charge in [-0.05, 0) is 32.3 Å². The van der Waals surface area contributed by atoms with Crippen LogP contribution >= 0.6 is 0 Å². The summed E-state index contributed by atoms with van der Waals surface area (Å²) in [6, 6.07) is 0.450. The average molecular weight is 170 g/mol. The molecule has 0 aliphatic carbocycles. The minimum atomic E-state index is 0.450. The molecule has 0 saturated carbocycles. The molecule has 1 aliphatic rings. The Balaban J connectivity index is 2.60. The second kappa shape index (κ2) is 4.48. The van der Waals surface area contributed by atoms with Crippen LogP contribution in [0.1, 0.15) is 6.42 Å². The minimum absolute atomic E-state index is 0.450. The van der Waals surface area contributed by atoms with Crippen LogP contribution in [0, 0.1) is 0 Å². The summed E-state index contributed by atoms with van der Waals surface area (Å²) in [5, 5.41) is 3.08. The highest BCUT2D eigenvalue weighted by atomic mass is 16.5. The zero-order valence-corrected chi connectivity index (χ0v) is 8.13. The molecule has 1 rings (SSSR count). The summed E-state index contributed by atoms with van der Waals surface area (Å²) in [5.74, 6) is 0. The van der Waals surface area contributed by atoms with Crippen molar-refractivity contribution >= 4 is 0 Å². The van der Waals surface area contributed by atoms with Crippen LogP contribution in [0.5, 0.6) is 0 Å². The average Bonchev–Trinajstić information content (AvgIpc) is 2.05. The Morgan fingerprint density at radius 1 is 1.58 bits per heavy atom. The van der Waals surface area contributed by atoms with Gasteiger partial charge >= 0.3 is 0 Å². The molecule has 1 aliphatic heterocycles. The number of rotatable bonds is 2. The largest absolute Gasteiger partial charge is 0.394 e. The van der Waals surface area contributed by atoms with Gasteiger partial charge in [-0.1, -0.05) is 0 Å². The third-order valence-electron chi connectivity index (χ3n) is 2.19. The van der Waals surface area contributed by atoms with Gasteiger partial charge in [0.1, 0.15) is 0 Å². The van der Waals surface area contributed by atoms with E-state index in [-0.39, 0.29) is 0 Å². The number of nitrogens with one attached hydrogen (secondary N) is 1. The second-order valence-corrected chi connectivity index (χ2v) is 3.31. The summed E-state index contributed by atoms with van der Waals surface area (Å²) in [6.45, 7) is 1.68. The lowest BCUT2D eigenvalue weighted by molar-refractivity contribution is 0.0658. The first-order valence-corrected chi connectivity index (χ1v) is 4.36. The van der Waals surface area contributed by atoms with Gasteiger partial charge in [0, 0.05) is 7.05 Å². The van der Waals surface area contributed by atoms with Gasteiger partial charge in [-0.2, -0.15) is 0 Å². The Labute approximate surface area is 74.4 Å². The molecule has 0 bridgehead atoms. The van der Waals surface area contributed by atoms with E-state index >= 15 is 0 Å². The fraction of sp³-hybridized carbons (Fsp3) is 0.778. The predicted molar refractivity (Wildman–Crippen MR) is 50.1 cm³/mol. The van der Waals surface area contributed by atoms with Crippen molar-refractivity contribution in [2.24, 2.45) is 0 Å². The molecule has 0 aromatic rings. The topological polar surface area (TPSA) is 24.5 Å². The third-order valence-corrected chi connectivity index (χ3v) is 2.19. The van der Waals surface area contributed by atoms with E-state index in [1.165, 1.54) is 5.57 Å². The molecule has 1 N–H and O–H groups in total. The first-order chi connectivity index (χ1) is 5.75. The number of hydrogen-bond acceptors (Lipinski definition) is 3. The lowest BCUT2D eigenvalue weighted by Gasteiger charge is -2.30. The van der Waals surface area contributed by atoms with Crippen molar-refractivity contribution in [3.05, 3.63) is 11.8 Å². The minimum Gasteiger partial charge on any atom is -0.394 e. The van der Waals surface area contributed by atoms with Crippen LogP contribution in [0.3, 0.4) is 0 Å². The van der Waals surface area contributed by atoms with Gasteiger partial charge in [0.2, 0.25) is 0 Å². The highest BCUT2D eigenvalue weighted by Gasteiger charge is 2.20. The van der Waals surface area contributed by atoms with Gasteiger partial charge in [-0.15, -0.1) is 0 Å². The summed E-state index contributed by atoms with van der Waals surface area (Å²) in [4.78, 5) is 2.20. The number of hydrogen-bond donors (Lipinski definition) is 1. The fourth-order valence-corrected chi connectivity index (χ4v) is 1.49. The molecule has 70 valence electrons. The van der Waals surface area contributed by atoms with Crippen LogP contribution in [0.15, 0.2) is 11.8 Å². The first kappa shape index (κ1) is 9.55. The summed E-state index contributed by atoms with van der Waals surface area (Å²) >= 11 is 0. The van der Waals surface area contributed by atoms with E-state index in [4.69, 9.17) is 4.74 Å². The first-order valence-electron chi connectivity index (χ1n) is 4.36. The Morgan fingerprint density at radius 2 is 2.33 bits per heavy atom. The molecular formula is C9H18N2O. The molecular weight excluding hydrogens is 152 g/mol. The summed E-state index contributed by atoms with van der Waals surface area (Å²) < 4.78 is 5.41. The highest BCUT2D eigenvalue weighted by molar-refractivity contribution is 5.12. The SMILES string of the molecule is CN/C=C1\CCOCC1N(C)C. The molecule has 1 fully saturated rings. The maximum atomic E-state index is 5.41. The number of likely N-dealkylation sites (N-methyl/N-ethyl adjacent to an activating group) is 1. The second-order valence-electron chi connectivity index (χ2n) is 3.31. The predicted octanol–water partition coefficient (Wildman–Crippen LogP) is 0.440. The molecule has 3 nitrogen and oxygen atoms in total. The van der Waals surface area contributed by atoms with Crippen molar-refractivity contribution in [1.82, 2.24) is 10.2 Å². The molecule has 0 aromatic heterocycles. The standard InChI is InChI=1S/C9H18N2O/c1-10-6-8-4-5-12-7-9(8)11(2)3/h6,9-10H,4-5,7H2,1-3H3/b8-6+. The van der Waals surface area contributed by atoms with Crippen LogP contribution in [-0.2, 0) is 4.74 Å². The molecule has 1 unspecified atom stereocenters. The van der Waals surface area contributed by atoms with E-state index in [2.05, 4.69) is 30.5 Å². The van der Waals surface area contributed by atoms with Gasteiger partial charge in [-0.25, -0.2) is 0 Å². The van der Waals surface area contributed by atoms with E-state index < -0.39 is 0 Å². The Kier molecular flexibility index (Phi) is 3.56. The molecule has 12 heavy (non-hydrogen) atoms. The molecule has 0 aromatic carbocycles. The van der Waals surface area contributed by atoms with Crippen LogP contribution < -0.4 is 5.32 Å². The zero-order chi connectivity index (χ0) is 8.97. The van der Waals surface area contributed by atoms with Crippen molar-refractivity contribution in [3.8, 4) is 0 Å². The molecule has 3 heteroatoms. The third kappa shape index (κ3) is 2.22. The van der Waals surface area contributed by atoms with Crippen LogP contribution in [-0.4, -0.2) is 45.3 Å². The van der Waals surface area contributed by atoms with Crippen molar-refractivity contribution in [2.45, 2.75) is 12.5 Å². The van der Waals surface area contributed by atoms with E-state index in [0.29, 0.717) is 6.04 Å². The van der Waals surface area contributed by atoms with Crippen molar-refractivity contribution in [1.29, 1.82) is 0 Å². The molecule has 1 atom stereocenters. The summed E-state index contributed by atoms with van der Waals surface area (Å²) in [6.07, 6.45) is 3.14. The Bertz CT molecular complexity index is 166. The lowest BCUT2D eigenvalue weighted by Crippen LogP contribution is -2.38. The maximum Gasteiger partial charge on any atom is 0.0660 e. The van der Waals surface area contributed by atoms with Gasteiger partial charge < -0.3 is 15.0 Å². The van der Waals surface area contributed by atoms with Crippen molar-refractivity contribution in [2.75, 3.05) is 34.4 Å². The van der Waals surface area contributed by atoms with Crippen molar-refractivity contribution < 1.29 is 4.74 Å². The summed E-state index contributed by atoms with van der Waals surface area (Å²) in [7, 11) is 6.11. The maximum absolute atomic E-state index is 5.41. The van der Waals surface area contributed by atoms with Gasteiger partial charge in [-0.3, -0.25) is 0 Å². The normalized spacial score (nSPS) is 28.0. The number of nitrogens with zero attached hydrogens (tertiary/aromatic N) is 1. The monoisotopic (exact) mass is 170 g/mol. The molecule has 0 spiro atoms. The molecule has 0 radical (unpaired) electrons. The van der Waals surface area contributed by atoms with E-state index in [1.54, 1.807) is 0 Å². The lowest BCUT2D eigenvalue weighted by atomic mass is 10.0. The Hall–Kier alpha value is -0.540. The molecule has 1 heterocycles. The zero-order valence-electron chi connectivity index (χ0n) is 8.13.